The average Bonchev–Trinajstić information content (AvgIpc) is 3.23. The van der Waals surface area contributed by atoms with Crippen molar-refractivity contribution in [2.45, 2.75) is 39.0 Å². The maximum atomic E-state index is 14.0. The summed E-state index contributed by atoms with van der Waals surface area (Å²) in [5.41, 5.74) is -1.38. The molecule has 30 heavy (non-hydrogen) atoms. The first-order chi connectivity index (χ1) is 13.9. The molecule has 1 amide bonds. The average molecular weight is 495 g/mol. The highest BCUT2D eigenvalue weighted by atomic mass is 79.9. The summed E-state index contributed by atoms with van der Waals surface area (Å²) in [6, 6.07) is 1.68. The Balaban J connectivity index is 2.00. The highest BCUT2D eigenvalue weighted by Gasteiger charge is 2.60. The van der Waals surface area contributed by atoms with Gasteiger partial charge >= 0.3 is 12.1 Å². The first-order valence-electron chi connectivity index (χ1n) is 8.65. The number of alkyl halides is 5. The maximum absolute atomic E-state index is 14.0. The molecule has 0 bridgehead atoms. The molecule has 0 saturated carbocycles. The van der Waals surface area contributed by atoms with E-state index >= 15 is 0 Å². The van der Waals surface area contributed by atoms with Crippen LogP contribution < -0.4 is 0 Å². The molecular formula is C17H16BrF5N6O. The second-order valence-electron chi connectivity index (χ2n) is 6.57. The Morgan fingerprint density at radius 1 is 1.23 bits per heavy atom. The van der Waals surface area contributed by atoms with Gasteiger partial charge in [0.05, 0.1) is 22.9 Å². The molecule has 3 aromatic heterocycles. The number of rotatable bonds is 5. The van der Waals surface area contributed by atoms with Crippen LogP contribution in [0.4, 0.5) is 22.0 Å². The number of hydrogen-bond acceptors (Lipinski definition) is 4. The van der Waals surface area contributed by atoms with Gasteiger partial charge in [-0.15, -0.1) is 0 Å². The summed E-state index contributed by atoms with van der Waals surface area (Å²) in [4.78, 5) is 17.9. The van der Waals surface area contributed by atoms with Crippen molar-refractivity contribution in [3.05, 3.63) is 45.6 Å². The van der Waals surface area contributed by atoms with Crippen molar-refractivity contribution in [1.29, 1.82) is 0 Å². The molecule has 7 nitrogen and oxygen atoms in total. The van der Waals surface area contributed by atoms with Gasteiger partial charge in [0.15, 0.2) is 11.3 Å². The molecule has 3 heterocycles. The van der Waals surface area contributed by atoms with Crippen LogP contribution in [0.25, 0.3) is 5.65 Å². The third-order valence-electron chi connectivity index (χ3n) is 4.38. The Kier molecular flexibility index (Phi) is 5.60. The molecule has 0 N–H and O–H groups in total. The van der Waals surface area contributed by atoms with Crippen LogP contribution >= 0.6 is 15.9 Å². The van der Waals surface area contributed by atoms with Crippen LogP contribution in [0, 0.1) is 6.92 Å². The Labute approximate surface area is 175 Å². The fourth-order valence-corrected chi connectivity index (χ4v) is 3.30. The van der Waals surface area contributed by atoms with Gasteiger partial charge in [-0.2, -0.15) is 32.1 Å². The van der Waals surface area contributed by atoms with Gasteiger partial charge in [0.25, 0.3) is 5.91 Å². The number of nitrogens with zero attached hydrogens (tertiary/aromatic N) is 6. The molecule has 3 rings (SSSR count). The number of aromatic nitrogens is 5. The van der Waals surface area contributed by atoms with Crippen LogP contribution in [0.2, 0.25) is 0 Å². The molecule has 3 aromatic rings. The molecule has 0 aliphatic carbocycles. The van der Waals surface area contributed by atoms with E-state index in [9.17, 15) is 26.7 Å². The third-order valence-corrected chi connectivity index (χ3v) is 5.05. The predicted octanol–water partition coefficient (Wildman–Crippen LogP) is 3.94. The number of aryl methyl sites for hydroxylation is 2. The summed E-state index contributed by atoms with van der Waals surface area (Å²) in [7, 11) is 1.45. The minimum Gasteiger partial charge on any atom is -0.334 e. The van der Waals surface area contributed by atoms with E-state index in [0.717, 1.165) is 6.07 Å². The summed E-state index contributed by atoms with van der Waals surface area (Å²) >= 11 is 3.34. The summed E-state index contributed by atoms with van der Waals surface area (Å²) in [6.45, 7) is 3.80. The molecule has 13 heteroatoms. The summed E-state index contributed by atoms with van der Waals surface area (Å²) in [5, 5.41) is 7.84. The molecule has 0 spiro atoms. The first kappa shape index (κ1) is 22.1. The second kappa shape index (κ2) is 7.60. The zero-order valence-electron chi connectivity index (χ0n) is 16.0. The van der Waals surface area contributed by atoms with Crippen molar-refractivity contribution in [1.82, 2.24) is 29.3 Å². The van der Waals surface area contributed by atoms with Crippen LogP contribution in [0.3, 0.4) is 0 Å². The molecule has 0 saturated heterocycles. The van der Waals surface area contributed by atoms with Crippen LogP contribution in [-0.2, 0) is 19.0 Å². The van der Waals surface area contributed by atoms with Crippen molar-refractivity contribution >= 4 is 27.5 Å². The van der Waals surface area contributed by atoms with Gasteiger partial charge in [-0.3, -0.25) is 9.48 Å². The molecule has 162 valence electrons. The summed E-state index contributed by atoms with van der Waals surface area (Å²) < 4.78 is 69.4. The Bertz CT molecular complexity index is 1110. The normalized spacial score (nSPS) is 12.6. The first-order valence-corrected chi connectivity index (χ1v) is 9.44. The Morgan fingerprint density at radius 3 is 2.50 bits per heavy atom. The van der Waals surface area contributed by atoms with Crippen LogP contribution in [0.5, 0.6) is 0 Å². The molecule has 0 unspecified atom stereocenters. The van der Waals surface area contributed by atoms with Gasteiger partial charge in [0.2, 0.25) is 0 Å². The molecule has 0 atom stereocenters. The van der Waals surface area contributed by atoms with E-state index in [-0.39, 0.29) is 23.6 Å². The van der Waals surface area contributed by atoms with Gasteiger partial charge in [-0.1, -0.05) is 0 Å². The van der Waals surface area contributed by atoms with Gasteiger partial charge in [0, 0.05) is 25.4 Å². The van der Waals surface area contributed by atoms with Crippen LogP contribution in [0.1, 0.15) is 34.5 Å². The lowest BCUT2D eigenvalue weighted by Crippen LogP contribution is -2.36. The zero-order valence-corrected chi connectivity index (χ0v) is 17.6. The van der Waals surface area contributed by atoms with E-state index in [1.807, 2.05) is 6.92 Å². The Morgan fingerprint density at radius 2 is 1.90 bits per heavy atom. The minimum absolute atomic E-state index is 0.0653. The lowest BCUT2D eigenvalue weighted by atomic mass is 10.2. The topological polar surface area (TPSA) is 68.3 Å². The van der Waals surface area contributed by atoms with Crippen LogP contribution in [-0.4, -0.2) is 48.4 Å². The van der Waals surface area contributed by atoms with E-state index in [1.165, 1.54) is 18.9 Å². The largest absolute Gasteiger partial charge is 0.459 e. The molecule has 0 fully saturated rings. The SMILES string of the molecule is CCn1ncc(Br)c1CN(C)C(=O)c1cc2nc(C)cc(C(F)(F)C(F)(F)F)n2n1. The van der Waals surface area contributed by atoms with Crippen LogP contribution in [0.15, 0.2) is 22.8 Å². The number of carbonyl (C=O) groups is 1. The van der Waals surface area contributed by atoms with Crippen molar-refractivity contribution < 1.29 is 26.7 Å². The summed E-state index contributed by atoms with van der Waals surface area (Å²) in [6.07, 6.45) is -4.26. The Hall–Kier alpha value is -2.57. The lowest BCUT2D eigenvalue weighted by molar-refractivity contribution is -0.291. The van der Waals surface area contributed by atoms with E-state index < -0.39 is 23.7 Å². The van der Waals surface area contributed by atoms with E-state index in [0.29, 0.717) is 27.3 Å². The van der Waals surface area contributed by atoms with Gasteiger partial charge in [0.1, 0.15) is 5.69 Å². The van der Waals surface area contributed by atoms with E-state index in [4.69, 9.17) is 0 Å². The molecule has 0 radical (unpaired) electrons. The summed E-state index contributed by atoms with van der Waals surface area (Å²) in [5.74, 6) is -5.84. The number of halogens is 6. The van der Waals surface area contributed by atoms with Gasteiger partial charge < -0.3 is 4.90 Å². The van der Waals surface area contributed by atoms with Crippen molar-refractivity contribution in [3.8, 4) is 0 Å². The molecule has 0 aliphatic rings. The zero-order chi connectivity index (χ0) is 22.4. The molecule has 0 aliphatic heterocycles. The lowest BCUT2D eigenvalue weighted by Gasteiger charge is -2.20. The van der Waals surface area contributed by atoms with E-state index in [2.05, 4.69) is 31.1 Å². The fraction of sp³-hybridized carbons (Fsp3) is 0.412. The highest BCUT2D eigenvalue weighted by molar-refractivity contribution is 9.10. The minimum atomic E-state index is -5.83. The second-order valence-corrected chi connectivity index (χ2v) is 7.43. The number of amides is 1. The number of hydrogen-bond donors (Lipinski definition) is 0. The maximum Gasteiger partial charge on any atom is 0.459 e. The molecular weight excluding hydrogens is 479 g/mol. The number of fused-ring (bicyclic) bond motifs is 1. The monoisotopic (exact) mass is 494 g/mol. The van der Waals surface area contributed by atoms with Gasteiger partial charge in [-0.25, -0.2) is 9.50 Å². The predicted molar refractivity (Wildman–Crippen MR) is 99.1 cm³/mol. The van der Waals surface area contributed by atoms with Crippen molar-refractivity contribution in [2.24, 2.45) is 0 Å². The number of carbonyl (C=O) groups excluding carboxylic acids is 1. The molecule has 0 aromatic carbocycles. The fourth-order valence-electron chi connectivity index (χ4n) is 2.88. The standard InChI is InChI=1S/C17H16BrF5N6O/c1-4-28-12(10(18)7-24-28)8-27(3)15(30)11-6-14-25-9(2)5-13(29(14)26-11)16(19,20)17(21,22)23/h5-7H,4,8H2,1-3H3. The van der Waals surface area contributed by atoms with Gasteiger partial charge in [-0.05, 0) is 35.8 Å². The van der Waals surface area contributed by atoms with Crippen molar-refractivity contribution in [3.63, 3.8) is 0 Å². The third kappa shape index (κ3) is 3.77. The quantitative estimate of drug-likeness (QED) is 0.503. The smallest absolute Gasteiger partial charge is 0.334 e. The highest BCUT2D eigenvalue weighted by Crippen LogP contribution is 2.43. The van der Waals surface area contributed by atoms with Crippen molar-refractivity contribution in [2.75, 3.05) is 7.05 Å². The van der Waals surface area contributed by atoms with E-state index in [1.54, 1.807) is 10.9 Å².